The summed E-state index contributed by atoms with van der Waals surface area (Å²) in [5.41, 5.74) is 0.0352. The molecule has 0 aromatic heterocycles. The van der Waals surface area contributed by atoms with Gasteiger partial charge in [-0.3, -0.25) is 0 Å². The Labute approximate surface area is 169 Å². The van der Waals surface area contributed by atoms with Crippen LogP contribution in [0.4, 0.5) is 0 Å². The van der Waals surface area contributed by atoms with E-state index in [1.54, 1.807) is 0 Å². The Balaban J connectivity index is 1.45. The third kappa shape index (κ3) is 5.52. The van der Waals surface area contributed by atoms with Crippen molar-refractivity contribution in [1.82, 2.24) is 0 Å². The van der Waals surface area contributed by atoms with Gasteiger partial charge in [0.05, 0.1) is 11.5 Å². The number of nitrogens with zero attached hydrogens (tertiary/aromatic N) is 1. The molecule has 3 rings (SSSR count). The number of hydrogen-bond acceptors (Lipinski definition) is 1. The lowest BCUT2D eigenvalue weighted by molar-refractivity contribution is 0.0816. The summed E-state index contributed by atoms with van der Waals surface area (Å²) in [6.07, 6.45) is 23.6. The first-order chi connectivity index (χ1) is 13.2. The minimum atomic E-state index is 0.0352. The Hall–Kier alpha value is -0.510. The Morgan fingerprint density at radius 2 is 1.37 bits per heavy atom. The first-order valence-corrected chi connectivity index (χ1v) is 12.6. The predicted molar refractivity (Wildman–Crippen MR) is 115 cm³/mol. The second-order valence-corrected chi connectivity index (χ2v) is 10.6. The molecule has 27 heavy (non-hydrogen) atoms. The standard InChI is InChI=1S/C26H45N/c1-3-5-17-26(20-27)18-6-8-25(19-26)24-15-13-23(14-16-24)22-11-9-21(7-4-2)10-12-22/h21-25H,3-19H2,1-2H3/t21-,22-,23?,24?,25?,26?. The number of unbranched alkanes of at least 4 members (excludes halogenated alkanes) is 1. The van der Waals surface area contributed by atoms with Crippen LogP contribution >= 0.6 is 0 Å². The van der Waals surface area contributed by atoms with E-state index in [2.05, 4.69) is 19.9 Å². The molecule has 1 nitrogen and oxygen atoms in total. The highest BCUT2D eigenvalue weighted by Gasteiger charge is 2.40. The van der Waals surface area contributed by atoms with E-state index in [0.717, 1.165) is 36.0 Å². The van der Waals surface area contributed by atoms with Crippen LogP contribution in [0.3, 0.4) is 0 Å². The SMILES string of the molecule is CCCCC1(C#N)CCCC(C2CCC([C@H]3CC[C@H](CCC)CC3)CC2)C1. The normalized spacial score (nSPS) is 40.4. The quantitative estimate of drug-likeness (QED) is 0.441. The molecule has 3 saturated carbocycles. The van der Waals surface area contributed by atoms with Gasteiger partial charge in [0.25, 0.3) is 0 Å². The monoisotopic (exact) mass is 371 g/mol. The van der Waals surface area contributed by atoms with Gasteiger partial charge in [0, 0.05) is 0 Å². The maximum Gasteiger partial charge on any atom is 0.0689 e. The summed E-state index contributed by atoms with van der Waals surface area (Å²) in [7, 11) is 0. The van der Waals surface area contributed by atoms with Crippen LogP contribution < -0.4 is 0 Å². The zero-order valence-corrected chi connectivity index (χ0v) is 18.4. The topological polar surface area (TPSA) is 23.8 Å². The second-order valence-electron chi connectivity index (χ2n) is 10.6. The van der Waals surface area contributed by atoms with Gasteiger partial charge in [0.15, 0.2) is 0 Å². The predicted octanol–water partition coefficient (Wildman–Crippen LogP) is 8.29. The van der Waals surface area contributed by atoms with Crippen molar-refractivity contribution in [3.05, 3.63) is 0 Å². The van der Waals surface area contributed by atoms with E-state index >= 15 is 0 Å². The molecule has 0 bridgehead atoms. The van der Waals surface area contributed by atoms with Gasteiger partial charge >= 0.3 is 0 Å². The molecular weight excluding hydrogens is 326 g/mol. The van der Waals surface area contributed by atoms with E-state index in [-0.39, 0.29) is 5.41 Å². The summed E-state index contributed by atoms with van der Waals surface area (Å²) < 4.78 is 0. The van der Waals surface area contributed by atoms with Crippen LogP contribution in [-0.2, 0) is 0 Å². The second kappa shape index (κ2) is 10.3. The van der Waals surface area contributed by atoms with Crippen molar-refractivity contribution in [3.63, 3.8) is 0 Å². The fraction of sp³-hybridized carbons (Fsp3) is 0.962. The van der Waals surface area contributed by atoms with Crippen LogP contribution in [-0.4, -0.2) is 0 Å². The van der Waals surface area contributed by atoms with Crippen LogP contribution in [0.5, 0.6) is 0 Å². The molecule has 2 unspecified atom stereocenters. The van der Waals surface area contributed by atoms with Gasteiger partial charge in [0.2, 0.25) is 0 Å². The summed E-state index contributed by atoms with van der Waals surface area (Å²) >= 11 is 0. The van der Waals surface area contributed by atoms with Gasteiger partial charge < -0.3 is 0 Å². The summed E-state index contributed by atoms with van der Waals surface area (Å²) in [4.78, 5) is 0. The minimum Gasteiger partial charge on any atom is -0.198 e. The first-order valence-electron chi connectivity index (χ1n) is 12.6. The van der Waals surface area contributed by atoms with Gasteiger partial charge in [0.1, 0.15) is 0 Å². The van der Waals surface area contributed by atoms with Crippen molar-refractivity contribution >= 4 is 0 Å². The lowest BCUT2D eigenvalue weighted by Gasteiger charge is -2.43. The zero-order chi connectivity index (χ0) is 19.1. The fourth-order valence-corrected chi connectivity index (χ4v) is 7.16. The van der Waals surface area contributed by atoms with Crippen LogP contribution in [0.2, 0.25) is 0 Å². The molecule has 0 heterocycles. The number of hydrogen-bond donors (Lipinski definition) is 0. The molecule has 0 saturated heterocycles. The van der Waals surface area contributed by atoms with E-state index in [0.29, 0.717) is 0 Å². The van der Waals surface area contributed by atoms with Crippen LogP contribution in [0.15, 0.2) is 0 Å². The first kappa shape index (κ1) is 21.2. The zero-order valence-electron chi connectivity index (χ0n) is 18.4. The molecule has 0 aromatic carbocycles. The van der Waals surface area contributed by atoms with E-state index in [1.807, 2.05) is 0 Å². The van der Waals surface area contributed by atoms with Crippen molar-refractivity contribution in [3.8, 4) is 6.07 Å². The molecule has 3 aliphatic carbocycles. The highest BCUT2D eigenvalue weighted by Crippen LogP contribution is 2.50. The van der Waals surface area contributed by atoms with Crippen LogP contribution in [0, 0.1) is 46.3 Å². The molecule has 0 amide bonds. The molecule has 3 fully saturated rings. The molecule has 1 heteroatoms. The molecule has 3 aliphatic rings. The Kier molecular flexibility index (Phi) is 8.10. The molecule has 0 spiro atoms. The van der Waals surface area contributed by atoms with E-state index in [9.17, 15) is 5.26 Å². The molecule has 0 radical (unpaired) electrons. The maximum absolute atomic E-state index is 9.91. The molecule has 0 aromatic rings. The van der Waals surface area contributed by atoms with Gasteiger partial charge in [-0.05, 0) is 87.4 Å². The smallest absolute Gasteiger partial charge is 0.0689 e. The Bertz CT molecular complexity index is 461. The summed E-state index contributed by atoms with van der Waals surface area (Å²) in [6, 6.07) is 2.80. The lowest BCUT2D eigenvalue weighted by Crippen LogP contribution is -2.34. The Morgan fingerprint density at radius 1 is 0.778 bits per heavy atom. The third-order valence-corrected chi connectivity index (χ3v) is 8.87. The molecule has 0 aliphatic heterocycles. The van der Waals surface area contributed by atoms with Gasteiger partial charge in [-0.1, -0.05) is 65.2 Å². The van der Waals surface area contributed by atoms with Crippen molar-refractivity contribution in [2.24, 2.45) is 35.0 Å². The number of nitriles is 1. The van der Waals surface area contributed by atoms with Crippen molar-refractivity contribution in [2.45, 2.75) is 123 Å². The van der Waals surface area contributed by atoms with Gasteiger partial charge in [-0.15, -0.1) is 0 Å². The van der Waals surface area contributed by atoms with E-state index in [4.69, 9.17) is 0 Å². The van der Waals surface area contributed by atoms with Gasteiger partial charge in [-0.2, -0.15) is 5.26 Å². The maximum atomic E-state index is 9.91. The molecular formula is C26H45N. The minimum absolute atomic E-state index is 0.0352. The Morgan fingerprint density at radius 3 is 1.93 bits per heavy atom. The fourth-order valence-electron chi connectivity index (χ4n) is 7.16. The largest absolute Gasteiger partial charge is 0.198 e. The van der Waals surface area contributed by atoms with Gasteiger partial charge in [-0.25, -0.2) is 0 Å². The highest BCUT2D eigenvalue weighted by atomic mass is 14.5. The summed E-state index contributed by atoms with van der Waals surface area (Å²) in [5.74, 6) is 4.93. The third-order valence-electron chi connectivity index (χ3n) is 8.87. The van der Waals surface area contributed by atoms with Crippen molar-refractivity contribution in [2.75, 3.05) is 0 Å². The number of rotatable bonds is 7. The molecule has 154 valence electrons. The lowest BCUT2D eigenvalue weighted by atomic mass is 9.61. The molecule has 0 N–H and O–H groups in total. The van der Waals surface area contributed by atoms with Crippen LogP contribution in [0.25, 0.3) is 0 Å². The summed E-state index contributed by atoms with van der Waals surface area (Å²) in [6.45, 7) is 4.62. The molecule has 2 atom stereocenters. The van der Waals surface area contributed by atoms with Crippen molar-refractivity contribution < 1.29 is 0 Å². The highest BCUT2D eigenvalue weighted by molar-refractivity contribution is 5.03. The van der Waals surface area contributed by atoms with Crippen molar-refractivity contribution in [1.29, 1.82) is 5.26 Å². The van der Waals surface area contributed by atoms with Crippen LogP contribution in [0.1, 0.15) is 123 Å². The average molecular weight is 372 g/mol. The average Bonchev–Trinajstić information content (AvgIpc) is 2.73. The van der Waals surface area contributed by atoms with E-state index in [1.165, 1.54) is 103 Å². The van der Waals surface area contributed by atoms with E-state index < -0.39 is 0 Å². The summed E-state index contributed by atoms with van der Waals surface area (Å²) in [5, 5.41) is 9.91.